The molecule has 18 heavy (non-hydrogen) atoms. The van der Waals surface area contributed by atoms with E-state index < -0.39 is 0 Å². The highest BCUT2D eigenvalue weighted by atomic mass is 15.2. The standard InChI is InChI=1S/C13H25N5/c1-4-18(9-5-8-17(2)3)11-12-6-7-15-13(10-12)16-14/h6-7,10H,4-5,8-9,11,14H2,1-3H3,(H,15,16). The van der Waals surface area contributed by atoms with Crippen molar-refractivity contribution in [2.24, 2.45) is 5.84 Å². The molecule has 0 radical (unpaired) electrons. The molecular weight excluding hydrogens is 226 g/mol. The summed E-state index contributed by atoms with van der Waals surface area (Å²) < 4.78 is 0. The minimum Gasteiger partial charge on any atom is -0.309 e. The summed E-state index contributed by atoms with van der Waals surface area (Å²) >= 11 is 0. The van der Waals surface area contributed by atoms with Crippen LogP contribution >= 0.6 is 0 Å². The summed E-state index contributed by atoms with van der Waals surface area (Å²) in [5.74, 6) is 6.08. The maximum atomic E-state index is 5.36. The van der Waals surface area contributed by atoms with Crippen LogP contribution in [-0.4, -0.2) is 48.5 Å². The monoisotopic (exact) mass is 251 g/mol. The zero-order chi connectivity index (χ0) is 13.4. The summed E-state index contributed by atoms with van der Waals surface area (Å²) in [5.41, 5.74) is 3.82. The molecule has 0 aromatic carbocycles. The molecule has 0 aliphatic heterocycles. The molecule has 0 unspecified atom stereocenters. The van der Waals surface area contributed by atoms with E-state index in [4.69, 9.17) is 5.84 Å². The molecule has 1 rings (SSSR count). The summed E-state index contributed by atoms with van der Waals surface area (Å²) in [6, 6.07) is 4.03. The van der Waals surface area contributed by atoms with Crippen molar-refractivity contribution in [1.82, 2.24) is 14.8 Å². The smallest absolute Gasteiger partial charge is 0.140 e. The number of nitrogens with zero attached hydrogens (tertiary/aromatic N) is 3. The van der Waals surface area contributed by atoms with Gasteiger partial charge in [-0.05, 0) is 57.8 Å². The molecule has 3 N–H and O–H groups in total. The van der Waals surface area contributed by atoms with Crippen LogP contribution in [0.5, 0.6) is 0 Å². The van der Waals surface area contributed by atoms with Crippen LogP contribution in [0, 0.1) is 0 Å². The first-order valence-corrected chi connectivity index (χ1v) is 6.44. The molecule has 0 saturated heterocycles. The Balaban J connectivity index is 2.46. The number of hydrogen-bond donors (Lipinski definition) is 2. The summed E-state index contributed by atoms with van der Waals surface area (Å²) in [6.07, 6.45) is 2.98. The Labute approximate surface area is 110 Å². The quantitative estimate of drug-likeness (QED) is 0.536. The van der Waals surface area contributed by atoms with Gasteiger partial charge in [0.2, 0.25) is 0 Å². The molecule has 0 spiro atoms. The Morgan fingerprint density at radius 1 is 1.33 bits per heavy atom. The molecule has 0 amide bonds. The van der Waals surface area contributed by atoms with Gasteiger partial charge in [-0.25, -0.2) is 10.8 Å². The number of rotatable bonds is 8. The lowest BCUT2D eigenvalue weighted by molar-refractivity contribution is 0.259. The Kier molecular flexibility index (Phi) is 6.64. The lowest BCUT2D eigenvalue weighted by Crippen LogP contribution is -2.27. The molecule has 1 aromatic heterocycles. The SMILES string of the molecule is CCN(CCCN(C)C)Cc1ccnc(NN)c1. The number of nitrogens with one attached hydrogen (secondary N) is 1. The van der Waals surface area contributed by atoms with Gasteiger partial charge in [0.1, 0.15) is 5.82 Å². The van der Waals surface area contributed by atoms with Gasteiger partial charge in [-0.3, -0.25) is 4.90 Å². The van der Waals surface area contributed by atoms with Crippen molar-refractivity contribution < 1.29 is 0 Å². The van der Waals surface area contributed by atoms with E-state index in [0.29, 0.717) is 0 Å². The van der Waals surface area contributed by atoms with Crippen LogP contribution in [0.15, 0.2) is 18.3 Å². The summed E-state index contributed by atoms with van der Waals surface area (Å²) in [4.78, 5) is 8.76. The predicted molar refractivity (Wildman–Crippen MR) is 76.2 cm³/mol. The van der Waals surface area contributed by atoms with E-state index in [2.05, 4.69) is 41.2 Å². The van der Waals surface area contributed by atoms with Crippen molar-refractivity contribution >= 4 is 5.82 Å². The number of anilines is 1. The van der Waals surface area contributed by atoms with Crippen molar-refractivity contribution in [2.75, 3.05) is 39.2 Å². The molecule has 0 bridgehead atoms. The Morgan fingerprint density at radius 2 is 2.11 bits per heavy atom. The first kappa shape index (κ1) is 14.9. The average molecular weight is 251 g/mol. The first-order chi connectivity index (χ1) is 8.65. The Morgan fingerprint density at radius 3 is 2.72 bits per heavy atom. The second-order valence-electron chi connectivity index (χ2n) is 4.72. The Bertz CT molecular complexity index is 340. The van der Waals surface area contributed by atoms with E-state index in [0.717, 1.165) is 32.0 Å². The second-order valence-corrected chi connectivity index (χ2v) is 4.72. The molecule has 0 aliphatic rings. The molecule has 5 heteroatoms. The van der Waals surface area contributed by atoms with E-state index >= 15 is 0 Å². The zero-order valence-electron chi connectivity index (χ0n) is 11.7. The molecule has 0 saturated carbocycles. The average Bonchev–Trinajstić information content (AvgIpc) is 2.37. The fraction of sp³-hybridized carbons (Fsp3) is 0.615. The van der Waals surface area contributed by atoms with Crippen LogP contribution < -0.4 is 11.3 Å². The largest absolute Gasteiger partial charge is 0.309 e. The van der Waals surface area contributed by atoms with Crippen molar-refractivity contribution in [2.45, 2.75) is 19.9 Å². The molecular formula is C13H25N5. The zero-order valence-corrected chi connectivity index (χ0v) is 11.7. The highest BCUT2D eigenvalue weighted by Crippen LogP contribution is 2.09. The van der Waals surface area contributed by atoms with Gasteiger partial charge in [-0.15, -0.1) is 0 Å². The maximum Gasteiger partial charge on any atom is 0.140 e. The van der Waals surface area contributed by atoms with E-state index in [9.17, 15) is 0 Å². The van der Waals surface area contributed by atoms with Crippen LogP contribution in [0.3, 0.4) is 0 Å². The van der Waals surface area contributed by atoms with E-state index in [1.165, 1.54) is 12.0 Å². The molecule has 0 fully saturated rings. The number of hydrazine groups is 1. The molecule has 5 nitrogen and oxygen atoms in total. The maximum absolute atomic E-state index is 5.36. The van der Waals surface area contributed by atoms with Gasteiger partial charge in [0.15, 0.2) is 0 Å². The fourth-order valence-electron chi connectivity index (χ4n) is 1.87. The van der Waals surface area contributed by atoms with Gasteiger partial charge < -0.3 is 10.3 Å². The third kappa shape index (κ3) is 5.44. The topological polar surface area (TPSA) is 57.4 Å². The van der Waals surface area contributed by atoms with E-state index in [-0.39, 0.29) is 0 Å². The van der Waals surface area contributed by atoms with Crippen molar-refractivity contribution in [3.05, 3.63) is 23.9 Å². The van der Waals surface area contributed by atoms with Crippen molar-refractivity contribution in [3.63, 3.8) is 0 Å². The van der Waals surface area contributed by atoms with E-state index in [1.807, 2.05) is 12.1 Å². The molecule has 1 aromatic rings. The van der Waals surface area contributed by atoms with E-state index in [1.54, 1.807) is 6.20 Å². The van der Waals surface area contributed by atoms with Crippen LogP contribution in [0.2, 0.25) is 0 Å². The van der Waals surface area contributed by atoms with Crippen LogP contribution in [0.4, 0.5) is 5.82 Å². The minimum absolute atomic E-state index is 0.719. The lowest BCUT2D eigenvalue weighted by Gasteiger charge is -2.21. The van der Waals surface area contributed by atoms with Crippen LogP contribution in [-0.2, 0) is 6.54 Å². The number of hydrogen-bond acceptors (Lipinski definition) is 5. The second kappa shape index (κ2) is 8.02. The summed E-state index contributed by atoms with van der Waals surface area (Å²) in [7, 11) is 4.22. The summed E-state index contributed by atoms with van der Waals surface area (Å²) in [6.45, 7) is 6.44. The van der Waals surface area contributed by atoms with Crippen molar-refractivity contribution in [1.29, 1.82) is 0 Å². The summed E-state index contributed by atoms with van der Waals surface area (Å²) in [5, 5.41) is 0. The molecule has 0 atom stereocenters. The highest BCUT2D eigenvalue weighted by molar-refractivity contribution is 5.35. The highest BCUT2D eigenvalue weighted by Gasteiger charge is 2.04. The molecule has 0 aliphatic carbocycles. The molecule has 1 heterocycles. The third-order valence-electron chi connectivity index (χ3n) is 2.91. The van der Waals surface area contributed by atoms with Gasteiger partial charge in [-0.1, -0.05) is 6.92 Å². The fourth-order valence-corrected chi connectivity index (χ4v) is 1.87. The van der Waals surface area contributed by atoms with Gasteiger partial charge in [0.25, 0.3) is 0 Å². The lowest BCUT2D eigenvalue weighted by atomic mass is 10.2. The third-order valence-corrected chi connectivity index (χ3v) is 2.91. The number of aromatic nitrogens is 1. The normalized spacial score (nSPS) is 11.2. The first-order valence-electron chi connectivity index (χ1n) is 6.44. The minimum atomic E-state index is 0.719. The van der Waals surface area contributed by atoms with Crippen LogP contribution in [0.1, 0.15) is 18.9 Å². The number of nitrogen functional groups attached to an aromatic ring is 1. The molecule has 102 valence electrons. The predicted octanol–water partition coefficient (Wildman–Crippen LogP) is 1.14. The van der Waals surface area contributed by atoms with Crippen LogP contribution in [0.25, 0.3) is 0 Å². The van der Waals surface area contributed by atoms with Gasteiger partial charge >= 0.3 is 0 Å². The van der Waals surface area contributed by atoms with Gasteiger partial charge in [-0.2, -0.15) is 0 Å². The van der Waals surface area contributed by atoms with Crippen molar-refractivity contribution in [3.8, 4) is 0 Å². The van der Waals surface area contributed by atoms with Gasteiger partial charge in [0.05, 0.1) is 0 Å². The number of pyridine rings is 1. The number of nitrogens with two attached hydrogens (primary N) is 1. The Hall–Kier alpha value is -1.17. The van der Waals surface area contributed by atoms with Gasteiger partial charge in [0, 0.05) is 12.7 Å².